The average Bonchev–Trinajstić information content (AvgIpc) is 2.96. The summed E-state index contributed by atoms with van der Waals surface area (Å²) in [6.07, 6.45) is 8.01. The summed E-state index contributed by atoms with van der Waals surface area (Å²) >= 11 is 0. The van der Waals surface area contributed by atoms with Crippen LogP contribution in [0.15, 0.2) is 30.3 Å². The van der Waals surface area contributed by atoms with E-state index in [9.17, 15) is 0 Å². The topological polar surface area (TPSA) is 12.0 Å². The van der Waals surface area contributed by atoms with Crippen LogP contribution in [0.25, 0.3) is 0 Å². The third-order valence-corrected chi connectivity index (χ3v) is 5.27. The Hall–Kier alpha value is -0.820. The van der Waals surface area contributed by atoms with E-state index in [-0.39, 0.29) is 0 Å². The van der Waals surface area contributed by atoms with Gasteiger partial charge in [0.25, 0.3) is 0 Å². The summed E-state index contributed by atoms with van der Waals surface area (Å²) in [4.78, 5) is 0. The van der Waals surface area contributed by atoms with Gasteiger partial charge in [-0.2, -0.15) is 0 Å². The molecule has 106 valence electrons. The molecule has 0 bridgehead atoms. The largest absolute Gasteiger partial charge is 0.316 e. The van der Waals surface area contributed by atoms with Crippen LogP contribution in [-0.4, -0.2) is 13.1 Å². The Bertz CT molecular complexity index is 361. The fourth-order valence-electron chi connectivity index (χ4n) is 4.28. The predicted octanol–water partition coefficient (Wildman–Crippen LogP) is 4.52. The van der Waals surface area contributed by atoms with E-state index in [2.05, 4.69) is 56.5 Å². The Morgan fingerprint density at radius 1 is 1.05 bits per heavy atom. The smallest absolute Gasteiger partial charge is 0.0189 e. The maximum Gasteiger partial charge on any atom is 0.0189 e. The van der Waals surface area contributed by atoms with Crippen molar-refractivity contribution in [3.63, 3.8) is 0 Å². The lowest BCUT2D eigenvalue weighted by Gasteiger charge is -2.42. The quantitative estimate of drug-likeness (QED) is 0.792. The van der Waals surface area contributed by atoms with Gasteiger partial charge in [0.15, 0.2) is 0 Å². The molecule has 1 atom stereocenters. The lowest BCUT2D eigenvalue weighted by Crippen LogP contribution is -2.50. The van der Waals surface area contributed by atoms with E-state index in [0.717, 1.165) is 5.92 Å². The number of hydrogen-bond acceptors (Lipinski definition) is 1. The summed E-state index contributed by atoms with van der Waals surface area (Å²) in [5.41, 5.74) is 1.92. The molecular weight excluding hydrogens is 230 g/mol. The Morgan fingerprint density at radius 3 is 2.11 bits per heavy atom. The maximum atomic E-state index is 3.69. The van der Waals surface area contributed by atoms with Gasteiger partial charge in [-0.3, -0.25) is 0 Å². The lowest BCUT2D eigenvalue weighted by molar-refractivity contribution is 0.216. The molecule has 1 unspecified atom stereocenters. The standard InChI is InChI=1S/C18H29N/c1-4-15(5-2)17(19-3)18(13-9-10-14-18)16-11-7-6-8-12-16/h6-8,11-12,15,17,19H,4-5,9-10,13-14H2,1-3H3. The molecule has 1 aromatic carbocycles. The molecule has 1 aromatic rings. The number of nitrogens with one attached hydrogen (secondary N) is 1. The first-order valence-electron chi connectivity index (χ1n) is 8.01. The fraction of sp³-hybridized carbons (Fsp3) is 0.667. The molecule has 0 aromatic heterocycles. The molecule has 1 aliphatic carbocycles. The summed E-state index contributed by atoms with van der Waals surface area (Å²) < 4.78 is 0. The Balaban J connectivity index is 2.38. The molecule has 0 aliphatic heterocycles. The van der Waals surface area contributed by atoms with Gasteiger partial charge >= 0.3 is 0 Å². The van der Waals surface area contributed by atoms with Crippen LogP contribution in [-0.2, 0) is 5.41 Å². The van der Waals surface area contributed by atoms with Crippen LogP contribution < -0.4 is 5.32 Å². The van der Waals surface area contributed by atoms with Crippen LogP contribution in [0.1, 0.15) is 57.9 Å². The van der Waals surface area contributed by atoms with Gasteiger partial charge in [-0.05, 0) is 31.4 Å². The van der Waals surface area contributed by atoms with Crippen LogP contribution in [0.5, 0.6) is 0 Å². The Kier molecular flexibility index (Phi) is 5.04. The highest BCUT2D eigenvalue weighted by Crippen LogP contribution is 2.46. The van der Waals surface area contributed by atoms with Gasteiger partial charge in [0, 0.05) is 11.5 Å². The second-order valence-corrected chi connectivity index (χ2v) is 6.07. The van der Waals surface area contributed by atoms with Gasteiger partial charge in [0.2, 0.25) is 0 Å². The van der Waals surface area contributed by atoms with Gasteiger partial charge in [0.1, 0.15) is 0 Å². The lowest BCUT2D eigenvalue weighted by atomic mass is 9.67. The van der Waals surface area contributed by atoms with E-state index < -0.39 is 0 Å². The maximum absolute atomic E-state index is 3.69. The molecule has 1 aliphatic rings. The fourth-order valence-corrected chi connectivity index (χ4v) is 4.28. The van der Waals surface area contributed by atoms with Crippen LogP contribution in [0.4, 0.5) is 0 Å². The Morgan fingerprint density at radius 2 is 1.63 bits per heavy atom. The molecule has 1 heteroatoms. The summed E-state index contributed by atoms with van der Waals surface area (Å²) in [7, 11) is 2.16. The molecule has 0 radical (unpaired) electrons. The highest BCUT2D eigenvalue weighted by molar-refractivity contribution is 5.29. The van der Waals surface area contributed by atoms with Crippen molar-refractivity contribution in [1.82, 2.24) is 5.32 Å². The highest BCUT2D eigenvalue weighted by atomic mass is 14.9. The van der Waals surface area contributed by atoms with Gasteiger partial charge in [-0.15, -0.1) is 0 Å². The van der Waals surface area contributed by atoms with Crippen LogP contribution >= 0.6 is 0 Å². The van der Waals surface area contributed by atoms with Crippen LogP contribution in [0.3, 0.4) is 0 Å². The molecule has 0 spiro atoms. The number of likely N-dealkylation sites (N-methyl/N-ethyl adjacent to an activating group) is 1. The molecule has 0 saturated heterocycles. The summed E-state index contributed by atoms with van der Waals surface area (Å²) in [5.74, 6) is 0.781. The van der Waals surface area contributed by atoms with Crippen molar-refractivity contribution in [2.45, 2.75) is 63.8 Å². The van der Waals surface area contributed by atoms with Crippen molar-refractivity contribution in [3.8, 4) is 0 Å². The molecule has 0 heterocycles. The number of hydrogen-bond donors (Lipinski definition) is 1. The van der Waals surface area contributed by atoms with Crippen molar-refractivity contribution in [3.05, 3.63) is 35.9 Å². The molecular formula is C18H29N. The second-order valence-electron chi connectivity index (χ2n) is 6.07. The summed E-state index contributed by atoms with van der Waals surface area (Å²) in [6.45, 7) is 4.68. The van der Waals surface area contributed by atoms with Gasteiger partial charge in [-0.25, -0.2) is 0 Å². The van der Waals surface area contributed by atoms with Gasteiger partial charge in [-0.1, -0.05) is 69.9 Å². The monoisotopic (exact) mass is 259 g/mol. The van der Waals surface area contributed by atoms with E-state index in [1.54, 1.807) is 5.56 Å². The minimum atomic E-state index is 0.368. The van der Waals surface area contributed by atoms with Crippen molar-refractivity contribution >= 4 is 0 Å². The molecule has 2 rings (SSSR count). The van der Waals surface area contributed by atoms with Crippen LogP contribution in [0, 0.1) is 5.92 Å². The molecule has 1 nitrogen and oxygen atoms in total. The Labute approximate surface area is 118 Å². The molecule has 1 fully saturated rings. The second kappa shape index (κ2) is 6.56. The van der Waals surface area contributed by atoms with E-state index in [1.165, 1.54) is 38.5 Å². The minimum absolute atomic E-state index is 0.368. The van der Waals surface area contributed by atoms with Crippen molar-refractivity contribution in [2.24, 2.45) is 5.92 Å². The van der Waals surface area contributed by atoms with E-state index >= 15 is 0 Å². The van der Waals surface area contributed by atoms with E-state index in [4.69, 9.17) is 0 Å². The first-order valence-corrected chi connectivity index (χ1v) is 8.01. The number of benzene rings is 1. The van der Waals surface area contributed by atoms with E-state index in [0.29, 0.717) is 11.5 Å². The van der Waals surface area contributed by atoms with Crippen LogP contribution in [0.2, 0.25) is 0 Å². The van der Waals surface area contributed by atoms with Gasteiger partial charge in [0.05, 0.1) is 0 Å². The zero-order chi connectivity index (χ0) is 13.7. The highest BCUT2D eigenvalue weighted by Gasteiger charge is 2.44. The molecule has 1 N–H and O–H groups in total. The molecule has 1 saturated carbocycles. The zero-order valence-electron chi connectivity index (χ0n) is 12.8. The number of rotatable bonds is 6. The normalized spacial score (nSPS) is 19.8. The molecule has 19 heavy (non-hydrogen) atoms. The third-order valence-electron chi connectivity index (χ3n) is 5.27. The van der Waals surface area contributed by atoms with Gasteiger partial charge < -0.3 is 5.32 Å². The zero-order valence-corrected chi connectivity index (χ0v) is 12.8. The third kappa shape index (κ3) is 2.72. The SMILES string of the molecule is CCC(CC)C(NC)C1(c2ccccc2)CCCC1. The predicted molar refractivity (Wildman–Crippen MR) is 83.5 cm³/mol. The first kappa shape index (κ1) is 14.6. The minimum Gasteiger partial charge on any atom is -0.316 e. The average molecular weight is 259 g/mol. The van der Waals surface area contributed by atoms with Crippen molar-refractivity contribution < 1.29 is 0 Å². The summed E-state index contributed by atoms with van der Waals surface area (Å²) in [5, 5.41) is 3.69. The van der Waals surface area contributed by atoms with Crippen molar-refractivity contribution in [1.29, 1.82) is 0 Å². The van der Waals surface area contributed by atoms with Crippen molar-refractivity contribution in [2.75, 3.05) is 7.05 Å². The summed E-state index contributed by atoms with van der Waals surface area (Å²) in [6, 6.07) is 11.9. The molecule has 0 amide bonds. The first-order chi connectivity index (χ1) is 9.28. The van der Waals surface area contributed by atoms with E-state index in [1.807, 2.05) is 0 Å².